The maximum absolute atomic E-state index is 12.5. The van der Waals surface area contributed by atoms with Gasteiger partial charge < -0.3 is 14.8 Å². The molecule has 0 spiro atoms. The fourth-order valence-corrected chi connectivity index (χ4v) is 2.69. The monoisotopic (exact) mass is 361 g/mol. The van der Waals surface area contributed by atoms with Gasteiger partial charge in [-0.3, -0.25) is 4.79 Å². The Balaban J connectivity index is 2.06. The van der Waals surface area contributed by atoms with E-state index in [1.807, 2.05) is 0 Å². The maximum atomic E-state index is 12.5. The summed E-state index contributed by atoms with van der Waals surface area (Å²) in [6.07, 6.45) is 7.61. The van der Waals surface area contributed by atoms with E-state index in [0.29, 0.717) is 0 Å². The van der Waals surface area contributed by atoms with Crippen LogP contribution in [0.2, 0.25) is 0 Å². The van der Waals surface area contributed by atoms with Crippen LogP contribution < -0.4 is 14.8 Å². The molecule has 0 atom stereocenters. The first-order valence-electron chi connectivity index (χ1n) is 7.96. The number of hydrogen-bond acceptors (Lipinski definition) is 3. The lowest BCUT2D eigenvalue weighted by molar-refractivity contribution is -0.117. The normalized spacial score (nSPS) is 15.8. The van der Waals surface area contributed by atoms with Crippen LogP contribution in [0.4, 0.5) is 17.6 Å². The summed E-state index contributed by atoms with van der Waals surface area (Å²) in [6.45, 7) is -6.22. The average molecular weight is 361 g/mol. The van der Waals surface area contributed by atoms with Crippen LogP contribution >= 0.6 is 0 Å². The minimum atomic E-state index is -3.13. The van der Waals surface area contributed by atoms with Crippen LogP contribution in [-0.2, 0) is 4.79 Å². The van der Waals surface area contributed by atoms with Crippen molar-refractivity contribution in [2.75, 3.05) is 0 Å². The molecule has 1 amide bonds. The van der Waals surface area contributed by atoms with Crippen molar-refractivity contribution in [2.45, 2.75) is 51.4 Å². The molecule has 0 aromatic heterocycles. The van der Waals surface area contributed by atoms with Crippen LogP contribution in [0.25, 0.3) is 6.08 Å². The second kappa shape index (κ2) is 9.29. The highest BCUT2D eigenvalue weighted by Gasteiger charge is 2.15. The van der Waals surface area contributed by atoms with Crippen molar-refractivity contribution in [1.82, 2.24) is 5.32 Å². The summed E-state index contributed by atoms with van der Waals surface area (Å²) in [5, 5.41) is 2.85. The topological polar surface area (TPSA) is 47.6 Å². The molecule has 1 aromatic carbocycles. The minimum Gasteiger partial charge on any atom is -0.435 e. The number of alkyl halides is 4. The molecule has 0 radical (unpaired) electrons. The summed E-state index contributed by atoms with van der Waals surface area (Å²) in [6, 6.07) is 3.49. The molecule has 0 bridgehead atoms. The Morgan fingerprint density at radius 1 is 1.08 bits per heavy atom. The molecule has 1 fully saturated rings. The number of carbonyl (C=O) groups is 1. The summed E-state index contributed by atoms with van der Waals surface area (Å²) in [5.74, 6) is -1.01. The first-order valence-corrected chi connectivity index (χ1v) is 7.96. The third-order valence-corrected chi connectivity index (χ3v) is 3.79. The van der Waals surface area contributed by atoms with Gasteiger partial charge >= 0.3 is 13.2 Å². The number of ether oxygens (including phenoxy) is 2. The summed E-state index contributed by atoms with van der Waals surface area (Å²) in [4.78, 5) is 11.9. The van der Waals surface area contributed by atoms with Gasteiger partial charge in [-0.05, 0) is 31.1 Å². The van der Waals surface area contributed by atoms with Crippen LogP contribution in [0.1, 0.15) is 37.7 Å². The Hall–Kier alpha value is -2.25. The largest absolute Gasteiger partial charge is 0.435 e. The number of rotatable bonds is 7. The third kappa shape index (κ3) is 6.64. The van der Waals surface area contributed by atoms with Gasteiger partial charge in [0.25, 0.3) is 0 Å². The van der Waals surface area contributed by atoms with Crippen molar-refractivity contribution in [3.05, 3.63) is 29.8 Å². The minimum absolute atomic E-state index is 0.115. The predicted molar refractivity (Wildman–Crippen MR) is 83.8 cm³/mol. The Labute approximate surface area is 142 Å². The predicted octanol–water partition coefficient (Wildman–Crippen LogP) is 4.35. The van der Waals surface area contributed by atoms with Gasteiger partial charge in [-0.25, -0.2) is 0 Å². The Kier molecular flexibility index (Phi) is 7.09. The molecule has 25 heavy (non-hydrogen) atoms. The van der Waals surface area contributed by atoms with E-state index >= 15 is 0 Å². The third-order valence-electron chi connectivity index (χ3n) is 3.79. The Morgan fingerprint density at radius 3 is 2.40 bits per heavy atom. The molecule has 0 saturated heterocycles. The molecular weight excluding hydrogens is 342 g/mol. The van der Waals surface area contributed by atoms with Gasteiger partial charge in [-0.2, -0.15) is 17.6 Å². The van der Waals surface area contributed by atoms with Crippen molar-refractivity contribution in [1.29, 1.82) is 0 Å². The lowest BCUT2D eigenvalue weighted by Crippen LogP contribution is -2.34. The molecular formula is C17H19F4NO3. The fourth-order valence-electron chi connectivity index (χ4n) is 2.69. The van der Waals surface area contributed by atoms with Gasteiger partial charge in [0.2, 0.25) is 5.91 Å². The molecule has 0 heterocycles. The summed E-state index contributed by atoms with van der Waals surface area (Å²) >= 11 is 0. The van der Waals surface area contributed by atoms with E-state index in [1.54, 1.807) is 0 Å². The maximum Gasteiger partial charge on any atom is 0.387 e. The van der Waals surface area contributed by atoms with Gasteiger partial charge in [0.1, 0.15) is 11.5 Å². The lowest BCUT2D eigenvalue weighted by Gasteiger charge is -2.21. The molecule has 0 unspecified atom stereocenters. The van der Waals surface area contributed by atoms with Gasteiger partial charge in [-0.15, -0.1) is 0 Å². The Morgan fingerprint density at radius 2 is 1.76 bits per heavy atom. The van der Waals surface area contributed by atoms with Crippen LogP contribution in [0, 0.1) is 0 Å². The zero-order chi connectivity index (χ0) is 18.2. The zero-order valence-corrected chi connectivity index (χ0v) is 13.4. The summed E-state index contributed by atoms with van der Waals surface area (Å²) < 4.78 is 57.9. The quantitative estimate of drug-likeness (QED) is 0.580. The highest BCUT2D eigenvalue weighted by molar-refractivity contribution is 5.92. The van der Waals surface area contributed by atoms with Crippen LogP contribution in [0.5, 0.6) is 11.5 Å². The number of nitrogens with one attached hydrogen (secondary N) is 1. The van der Waals surface area contributed by atoms with E-state index < -0.39 is 13.2 Å². The molecule has 1 aliphatic rings. The standard InChI is InChI=1S/C17H19F4NO3/c18-16(19)24-13-8-6-11(14(10-13)25-17(20)21)7-9-15(23)22-12-4-2-1-3-5-12/h6-10,12,16-17H,1-5H2,(H,22,23)/b9-7+. The van der Waals surface area contributed by atoms with Crippen LogP contribution in [0.3, 0.4) is 0 Å². The average Bonchev–Trinajstić information content (AvgIpc) is 2.54. The van der Waals surface area contributed by atoms with Crippen molar-refractivity contribution >= 4 is 12.0 Å². The van der Waals surface area contributed by atoms with Gasteiger partial charge in [0.05, 0.1) is 0 Å². The highest BCUT2D eigenvalue weighted by Crippen LogP contribution is 2.28. The van der Waals surface area contributed by atoms with E-state index in [-0.39, 0.29) is 29.0 Å². The Bertz CT molecular complexity index is 602. The molecule has 2 rings (SSSR count). The van der Waals surface area contributed by atoms with Crippen molar-refractivity contribution in [2.24, 2.45) is 0 Å². The van der Waals surface area contributed by atoms with Crippen molar-refractivity contribution in [3.63, 3.8) is 0 Å². The number of halogens is 4. The number of hydrogen-bond donors (Lipinski definition) is 1. The molecule has 138 valence electrons. The molecule has 1 N–H and O–H groups in total. The first kappa shape index (κ1) is 19.1. The lowest BCUT2D eigenvalue weighted by atomic mass is 9.95. The molecule has 4 nitrogen and oxygen atoms in total. The van der Waals surface area contributed by atoms with E-state index in [2.05, 4.69) is 14.8 Å². The van der Waals surface area contributed by atoms with Gasteiger partial charge in [0.15, 0.2) is 0 Å². The highest BCUT2D eigenvalue weighted by atomic mass is 19.3. The second-order valence-electron chi connectivity index (χ2n) is 5.63. The summed E-state index contributed by atoms with van der Waals surface area (Å²) in [7, 11) is 0. The zero-order valence-electron chi connectivity index (χ0n) is 13.4. The van der Waals surface area contributed by atoms with Crippen LogP contribution in [0.15, 0.2) is 24.3 Å². The summed E-state index contributed by atoms with van der Waals surface area (Å²) in [5.41, 5.74) is 0.153. The van der Waals surface area contributed by atoms with E-state index in [9.17, 15) is 22.4 Å². The second-order valence-corrected chi connectivity index (χ2v) is 5.63. The number of amides is 1. The van der Waals surface area contributed by atoms with Crippen molar-refractivity contribution < 1.29 is 31.8 Å². The number of carbonyl (C=O) groups excluding carboxylic acids is 1. The van der Waals surface area contributed by atoms with E-state index in [1.165, 1.54) is 24.3 Å². The number of benzene rings is 1. The molecule has 0 aliphatic heterocycles. The van der Waals surface area contributed by atoms with Gasteiger partial charge in [0, 0.05) is 23.7 Å². The molecule has 1 saturated carbocycles. The smallest absolute Gasteiger partial charge is 0.387 e. The van der Waals surface area contributed by atoms with Gasteiger partial charge in [-0.1, -0.05) is 19.3 Å². The molecule has 1 aromatic rings. The fraction of sp³-hybridized carbons (Fsp3) is 0.471. The van der Waals surface area contributed by atoms with E-state index in [4.69, 9.17) is 0 Å². The SMILES string of the molecule is O=C(/C=C/c1ccc(OC(F)F)cc1OC(F)F)NC1CCCCC1. The molecule has 1 aliphatic carbocycles. The molecule has 8 heteroatoms. The van der Waals surface area contributed by atoms with Crippen LogP contribution in [-0.4, -0.2) is 25.2 Å². The first-order chi connectivity index (χ1) is 11.9. The van der Waals surface area contributed by atoms with Crippen molar-refractivity contribution in [3.8, 4) is 11.5 Å². The van der Waals surface area contributed by atoms with E-state index in [0.717, 1.165) is 38.2 Å².